The normalized spacial score (nSPS) is 19.0. The molecule has 2 aliphatic rings. The number of rotatable bonds is 9. The first-order valence-electron chi connectivity index (χ1n) is 13.4. The number of nitrogens with one attached hydrogen (secondary N) is 1. The third kappa shape index (κ3) is 7.58. The first-order valence-corrected chi connectivity index (χ1v) is 13.4. The van der Waals surface area contributed by atoms with Crippen LogP contribution in [0.5, 0.6) is 0 Å². The monoisotopic (exact) mass is 534 g/mol. The van der Waals surface area contributed by atoms with Crippen LogP contribution in [-0.2, 0) is 27.2 Å². The van der Waals surface area contributed by atoms with Crippen LogP contribution in [0.2, 0.25) is 0 Å². The minimum Gasteiger partial charge on any atom is -0.404 e. The van der Waals surface area contributed by atoms with Crippen molar-refractivity contribution in [3.05, 3.63) is 76.7 Å². The van der Waals surface area contributed by atoms with Gasteiger partial charge in [-0.3, -0.25) is 4.90 Å². The predicted octanol–water partition coefficient (Wildman–Crippen LogP) is 3.61. The summed E-state index contributed by atoms with van der Waals surface area (Å²) in [6, 6.07) is 6.57. The highest BCUT2D eigenvalue weighted by Crippen LogP contribution is 2.29. The molecule has 0 spiro atoms. The Labute approximate surface area is 232 Å². The fraction of sp³-hybridized carbons (Fsp3) is 0.467. The van der Waals surface area contributed by atoms with E-state index in [1.54, 1.807) is 6.08 Å². The Hall–Kier alpha value is -3.42. The maximum Gasteiger partial charge on any atom is 0.246 e. The topological polar surface area (TPSA) is 131 Å². The molecule has 1 fully saturated rings. The molecule has 1 saturated heterocycles. The molecular formula is C30H42N6O3. The molecule has 2 aliphatic heterocycles. The summed E-state index contributed by atoms with van der Waals surface area (Å²) in [7, 11) is 0. The molecule has 1 aromatic carbocycles. The molecule has 0 atom stereocenters. The van der Waals surface area contributed by atoms with Crippen molar-refractivity contribution in [1.82, 2.24) is 10.2 Å². The highest BCUT2D eigenvalue weighted by molar-refractivity contribution is 5.99. The van der Waals surface area contributed by atoms with Crippen LogP contribution in [0.25, 0.3) is 5.70 Å². The van der Waals surface area contributed by atoms with Crippen molar-refractivity contribution in [3.63, 3.8) is 0 Å². The van der Waals surface area contributed by atoms with Gasteiger partial charge in [0.15, 0.2) is 5.79 Å². The first-order chi connectivity index (χ1) is 18.6. The molecule has 0 aromatic heterocycles. The molecule has 5 N–H and O–H groups in total. The lowest BCUT2D eigenvalue weighted by atomic mass is 9.93. The molecule has 0 aliphatic carbocycles. The van der Waals surface area contributed by atoms with Gasteiger partial charge in [0.2, 0.25) is 5.90 Å². The van der Waals surface area contributed by atoms with E-state index in [2.05, 4.69) is 47.4 Å². The third-order valence-corrected chi connectivity index (χ3v) is 7.20. The fourth-order valence-electron chi connectivity index (χ4n) is 4.83. The smallest absolute Gasteiger partial charge is 0.246 e. The summed E-state index contributed by atoms with van der Waals surface area (Å²) in [5.74, 6) is 5.11. The lowest BCUT2D eigenvalue weighted by Gasteiger charge is -2.39. The van der Waals surface area contributed by atoms with Crippen LogP contribution in [0.3, 0.4) is 0 Å². The Morgan fingerprint density at radius 3 is 2.59 bits per heavy atom. The highest BCUT2D eigenvalue weighted by Gasteiger charge is 2.32. The molecule has 210 valence electrons. The molecule has 0 unspecified atom stereocenters. The lowest BCUT2D eigenvalue weighted by Crippen LogP contribution is -2.51. The van der Waals surface area contributed by atoms with Crippen molar-refractivity contribution in [2.75, 3.05) is 32.8 Å². The molecule has 3 rings (SSSR count). The SMILES string of the molecule is C=C(NCCC)/C(C#N)=C\C(=C/N)C(=NC(=C)c1ccc2c(c1C)CCN(C1COC(C)(C)OC1)CC2)ON. The zero-order valence-corrected chi connectivity index (χ0v) is 23.7. The Balaban J connectivity index is 1.80. The summed E-state index contributed by atoms with van der Waals surface area (Å²) >= 11 is 0. The number of aliphatic imine (C=N–C) groups is 1. The number of hydrogen-bond acceptors (Lipinski definition) is 9. The van der Waals surface area contributed by atoms with Crippen LogP contribution >= 0.6 is 0 Å². The van der Waals surface area contributed by atoms with E-state index in [1.807, 2.05) is 26.8 Å². The van der Waals surface area contributed by atoms with Crippen LogP contribution in [-0.4, -0.2) is 55.5 Å². The Morgan fingerprint density at radius 1 is 1.28 bits per heavy atom. The van der Waals surface area contributed by atoms with Gasteiger partial charge in [0, 0.05) is 37.1 Å². The van der Waals surface area contributed by atoms with E-state index in [4.69, 9.17) is 25.9 Å². The number of allylic oxidation sites excluding steroid dienone is 1. The molecule has 0 bridgehead atoms. The highest BCUT2D eigenvalue weighted by atomic mass is 16.7. The quantitative estimate of drug-likeness (QED) is 0.144. The minimum absolute atomic E-state index is 0.0549. The van der Waals surface area contributed by atoms with Gasteiger partial charge in [-0.1, -0.05) is 32.2 Å². The molecule has 0 radical (unpaired) electrons. The van der Waals surface area contributed by atoms with Crippen LogP contribution in [0.4, 0.5) is 0 Å². The molecule has 0 amide bonds. The second-order valence-corrected chi connectivity index (χ2v) is 10.3. The van der Waals surface area contributed by atoms with Crippen molar-refractivity contribution < 1.29 is 14.3 Å². The maximum absolute atomic E-state index is 9.62. The summed E-state index contributed by atoms with van der Waals surface area (Å²) in [6.45, 7) is 20.0. The van der Waals surface area contributed by atoms with Gasteiger partial charge in [-0.2, -0.15) is 11.2 Å². The van der Waals surface area contributed by atoms with Gasteiger partial charge >= 0.3 is 0 Å². The molecule has 2 heterocycles. The minimum atomic E-state index is -0.519. The van der Waals surface area contributed by atoms with E-state index in [0.29, 0.717) is 42.3 Å². The van der Waals surface area contributed by atoms with E-state index in [9.17, 15) is 5.26 Å². The van der Waals surface area contributed by atoms with Gasteiger partial charge in [0.1, 0.15) is 6.07 Å². The number of fused-ring (bicyclic) bond motifs is 1. The molecule has 39 heavy (non-hydrogen) atoms. The van der Waals surface area contributed by atoms with Crippen LogP contribution in [0.1, 0.15) is 49.4 Å². The molecule has 9 heteroatoms. The molecular weight excluding hydrogens is 492 g/mol. The van der Waals surface area contributed by atoms with Crippen LogP contribution in [0, 0.1) is 18.3 Å². The molecule has 9 nitrogen and oxygen atoms in total. The molecule has 0 saturated carbocycles. The Kier molecular flexibility index (Phi) is 10.5. The maximum atomic E-state index is 9.62. The van der Waals surface area contributed by atoms with E-state index in [1.165, 1.54) is 17.3 Å². The standard InChI is InChI=1S/C30H42N6O3/c1-7-12-34-21(3)24(16-31)15-25(17-32)29(39-33)35-22(4)27-9-8-23-10-13-36(14-11-28(23)20(27)2)26-18-37-30(5,6)38-19-26/h8-9,15,17,26,34H,3-4,7,10-14,18-19,32-33H2,1-2,5-6H3/b24-15-,25-17+,35-29?. The van der Waals surface area contributed by atoms with Crippen molar-refractivity contribution in [3.8, 4) is 6.07 Å². The number of nitrogens with two attached hydrogens (primary N) is 2. The second kappa shape index (κ2) is 13.6. The zero-order chi connectivity index (χ0) is 28.6. The summed E-state index contributed by atoms with van der Waals surface area (Å²) in [5.41, 5.74) is 12.1. The number of hydrogen-bond donors (Lipinski definition) is 3. The van der Waals surface area contributed by atoms with Gasteiger partial charge in [0.25, 0.3) is 0 Å². The van der Waals surface area contributed by atoms with Crippen molar-refractivity contribution in [2.24, 2.45) is 16.6 Å². The van der Waals surface area contributed by atoms with Gasteiger partial charge in [-0.05, 0) is 62.8 Å². The Bertz CT molecular complexity index is 1200. The van der Waals surface area contributed by atoms with E-state index < -0.39 is 5.79 Å². The van der Waals surface area contributed by atoms with E-state index in [0.717, 1.165) is 43.5 Å². The molecule has 1 aromatic rings. The first kappa shape index (κ1) is 30.1. The van der Waals surface area contributed by atoms with E-state index in [-0.39, 0.29) is 11.9 Å². The van der Waals surface area contributed by atoms with Crippen molar-refractivity contribution >= 4 is 11.6 Å². The Morgan fingerprint density at radius 2 is 1.97 bits per heavy atom. The largest absolute Gasteiger partial charge is 0.404 e. The average Bonchev–Trinajstić information content (AvgIpc) is 3.15. The van der Waals surface area contributed by atoms with Crippen molar-refractivity contribution in [1.29, 1.82) is 5.26 Å². The van der Waals surface area contributed by atoms with Gasteiger partial charge in [-0.15, -0.1) is 0 Å². The number of nitriles is 1. The summed E-state index contributed by atoms with van der Waals surface area (Å²) in [5, 5.41) is 12.7. The summed E-state index contributed by atoms with van der Waals surface area (Å²) in [6.07, 6.45) is 5.59. The van der Waals surface area contributed by atoms with E-state index >= 15 is 0 Å². The summed E-state index contributed by atoms with van der Waals surface area (Å²) in [4.78, 5) is 12.1. The van der Waals surface area contributed by atoms with Gasteiger partial charge < -0.3 is 25.4 Å². The summed E-state index contributed by atoms with van der Waals surface area (Å²) < 4.78 is 11.8. The number of nitrogens with zero attached hydrogens (tertiary/aromatic N) is 3. The van der Waals surface area contributed by atoms with Gasteiger partial charge in [-0.25, -0.2) is 4.99 Å². The van der Waals surface area contributed by atoms with Crippen molar-refractivity contribution in [2.45, 2.75) is 58.8 Å². The lowest BCUT2D eigenvalue weighted by molar-refractivity contribution is -0.263. The number of benzene rings is 1. The third-order valence-electron chi connectivity index (χ3n) is 7.20. The average molecular weight is 535 g/mol. The van der Waals surface area contributed by atoms with Gasteiger partial charge in [0.05, 0.1) is 36.1 Å². The second-order valence-electron chi connectivity index (χ2n) is 10.3. The predicted molar refractivity (Wildman–Crippen MR) is 155 cm³/mol. The van der Waals surface area contributed by atoms with Crippen LogP contribution in [0.15, 0.2) is 59.4 Å². The zero-order valence-electron chi connectivity index (χ0n) is 23.7. The van der Waals surface area contributed by atoms with Crippen LogP contribution < -0.4 is 16.9 Å². The fourth-order valence-corrected chi connectivity index (χ4v) is 4.83. The number of ether oxygens (including phenoxy) is 2.